The van der Waals surface area contributed by atoms with Crippen LogP contribution in [0.2, 0.25) is 0 Å². The summed E-state index contributed by atoms with van der Waals surface area (Å²) < 4.78 is 5.37. The number of carbonyl (C=O) groups excluding carboxylic acids is 1. The lowest BCUT2D eigenvalue weighted by Gasteiger charge is -2.28. The first-order valence-corrected chi connectivity index (χ1v) is 8.20. The van der Waals surface area contributed by atoms with Gasteiger partial charge in [-0.2, -0.15) is 0 Å². The molecule has 0 aromatic carbocycles. The standard InChI is InChI=1S/C16H21N7O2/c1-12-21-13(11-14(22-12)23-7-9-25-10-8-23)17-5-6-20-16(24)15-18-3-2-4-19-15/h2-4,11H,5-10H2,1H3,(H,20,24)(H,17,21,22). The largest absolute Gasteiger partial charge is 0.378 e. The Morgan fingerprint density at radius 1 is 1.20 bits per heavy atom. The number of nitrogens with one attached hydrogen (secondary N) is 2. The first-order chi connectivity index (χ1) is 12.2. The number of anilines is 2. The van der Waals surface area contributed by atoms with E-state index in [9.17, 15) is 4.79 Å². The molecule has 0 spiro atoms. The van der Waals surface area contributed by atoms with Gasteiger partial charge in [0.1, 0.15) is 17.5 Å². The Kier molecular flexibility index (Phi) is 5.68. The van der Waals surface area contributed by atoms with E-state index >= 15 is 0 Å². The molecule has 1 amide bonds. The maximum Gasteiger partial charge on any atom is 0.289 e. The van der Waals surface area contributed by atoms with E-state index in [0.29, 0.717) is 32.1 Å². The van der Waals surface area contributed by atoms with Gasteiger partial charge in [-0.3, -0.25) is 4.79 Å². The highest BCUT2D eigenvalue weighted by Gasteiger charge is 2.14. The molecule has 0 unspecified atom stereocenters. The molecule has 2 aromatic heterocycles. The number of rotatable bonds is 6. The van der Waals surface area contributed by atoms with Crippen molar-refractivity contribution in [2.75, 3.05) is 49.6 Å². The maximum absolute atomic E-state index is 11.9. The van der Waals surface area contributed by atoms with Gasteiger partial charge in [0.25, 0.3) is 5.91 Å². The van der Waals surface area contributed by atoms with Crippen molar-refractivity contribution in [1.29, 1.82) is 0 Å². The quantitative estimate of drug-likeness (QED) is 0.719. The molecule has 9 heteroatoms. The van der Waals surface area contributed by atoms with E-state index in [-0.39, 0.29) is 11.7 Å². The van der Waals surface area contributed by atoms with Crippen molar-refractivity contribution >= 4 is 17.5 Å². The zero-order valence-electron chi connectivity index (χ0n) is 14.1. The van der Waals surface area contributed by atoms with E-state index in [1.54, 1.807) is 6.07 Å². The maximum atomic E-state index is 11.9. The van der Waals surface area contributed by atoms with Gasteiger partial charge in [-0.15, -0.1) is 0 Å². The van der Waals surface area contributed by atoms with Crippen molar-refractivity contribution in [2.24, 2.45) is 0 Å². The highest BCUT2D eigenvalue weighted by atomic mass is 16.5. The second-order valence-corrected chi connectivity index (χ2v) is 5.51. The minimum atomic E-state index is -0.296. The van der Waals surface area contributed by atoms with Gasteiger partial charge < -0.3 is 20.3 Å². The molecule has 0 aliphatic carbocycles. The molecule has 0 bridgehead atoms. The molecule has 1 fully saturated rings. The van der Waals surface area contributed by atoms with Crippen LogP contribution in [0.1, 0.15) is 16.4 Å². The summed E-state index contributed by atoms with van der Waals surface area (Å²) in [7, 11) is 0. The molecule has 3 heterocycles. The molecule has 3 rings (SSSR count). The van der Waals surface area contributed by atoms with Gasteiger partial charge in [0, 0.05) is 44.6 Å². The van der Waals surface area contributed by atoms with Gasteiger partial charge in [0.15, 0.2) is 0 Å². The van der Waals surface area contributed by atoms with Gasteiger partial charge in [-0.05, 0) is 13.0 Å². The fraction of sp³-hybridized carbons (Fsp3) is 0.438. The van der Waals surface area contributed by atoms with Crippen LogP contribution in [0.5, 0.6) is 0 Å². The van der Waals surface area contributed by atoms with Crippen LogP contribution in [-0.2, 0) is 4.74 Å². The Balaban J connectivity index is 1.51. The smallest absolute Gasteiger partial charge is 0.289 e. The highest BCUT2D eigenvalue weighted by Crippen LogP contribution is 2.16. The molecular formula is C16H21N7O2. The fourth-order valence-corrected chi connectivity index (χ4v) is 2.46. The van der Waals surface area contributed by atoms with E-state index in [0.717, 1.165) is 24.7 Å². The summed E-state index contributed by atoms with van der Waals surface area (Å²) in [5.41, 5.74) is 0. The lowest BCUT2D eigenvalue weighted by Crippen LogP contribution is -2.37. The first-order valence-electron chi connectivity index (χ1n) is 8.20. The Labute approximate surface area is 145 Å². The molecular weight excluding hydrogens is 322 g/mol. The third-order valence-electron chi connectivity index (χ3n) is 3.65. The van der Waals surface area contributed by atoms with Crippen LogP contribution in [0, 0.1) is 6.92 Å². The third-order valence-corrected chi connectivity index (χ3v) is 3.65. The van der Waals surface area contributed by atoms with Crippen LogP contribution in [0.25, 0.3) is 0 Å². The first kappa shape index (κ1) is 17.0. The van der Waals surface area contributed by atoms with Crippen LogP contribution < -0.4 is 15.5 Å². The number of aromatic nitrogens is 4. The summed E-state index contributed by atoms with van der Waals surface area (Å²) in [4.78, 5) is 30.7. The number of amides is 1. The molecule has 9 nitrogen and oxygen atoms in total. The molecule has 2 aromatic rings. The van der Waals surface area contributed by atoms with E-state index in [2.05, 4.69) is 35.5 Å². The molecule has 132 valence electrons. The summed E-state index contributed by atoms with van der Waals surface area (Å²) in [5, 5.41) is 5.97. The number of morpholine rings is 1. The van der Waals surface area contributed by atoms with Crippen molar-refractivity contribution in [3.63, 3.8) is 0 Å². The number of carbonyl (C=O) groups is 1. The molecule has 25 heavy (non-hydrogen) atoms. The van der Waals surface area contributed by atoms with Gasteiger partial charge in [-0.1, -0.05) is 0 Å². The Morgan fingerprint density at radius 3 is 2.72 bits per heavy atom. The summed E-state index contributed by atoms with van der Waals surface area (Å²) in [6, 6.07) is 3.59. The number of aryl methyl sites for hydroxylation is 1. The second kappa shape index (κ2) is 8.34. The van der Waals surface area contributed by atoms with E-state index < -0.39 is 0 Å². The van der Waals surface area contributed by atoms with Crippen LogP contribution >= 0.6 is 0 Å². The molecule has 1 aliphatic heterocycles. The fourth-order valence-electron chi connectivity index (χ4n) is 2.46. The molecule has 0 radical (unpaired) electrons. The minimum absolute atomic E-state index is 0.162. The Bertz CT molecular complexity index is 705. The second-order valence-electron chi connectivity index (χ2n) is 5.51. The summed E-state index contributed by atoms with van der Waals surface area (Å²) in [6.07, 6.45) is 3.08. The summed E-state index contributed by atoms with van der Waals surface area (Å²) in [6.45, 7) is 5.90. The number of hydrogen-bond acceptors (Lipinski definition) is 8. The Hall–Kier alpha value is -2.81. The lowest BCUT2D eigenvalue weighted by atomic mass is 10.4. The number of nitrogens with zero attached hydrogens (tertiary/aromatic N) is 5. The molecule has 0 atom stereocenters. The topological polar surface area (TPSA) is 105 Å². The zero-order valence-corrected chi connectivity index (χ0v) is 14.1. The predicted molar refractivity (Wildman–Crippen MR) is 92.7 cm³/mol. The van der Waals surface area contributed by atoms with Crippen LogP contribution in [0.15, 0.2) is 24.5 Å². The van der Waals surface area contributed by atoms with Crippen molar-refractivity contribution < 1.29 is 9.53 Å². The third kappa shape index (κ3) is 4.83. The average Bonchev–Trinajstić information content (AvgIpc) is 2.66. The number of ether oxygens (including phenoxy) is 1. The summed E-state index contributed by atoms with van der Waals surface area (Å²) in [5.74, 6) is 2.19. The zero-order chi connectivity index (χ0) is 17.5. The van der Waals surface area contributed by atoms with Gasteiger partial charge in [-0.25, -0.2) is 19.9 Å². The van der Waals surface area contributed by atoms with Crippen LogP contribution in [0.3, 0.4) is 0 Å². The molecule has 1 saturated heterocycles. The average molecular weight is 343 g/mol. The van der Waals surface area contributed by atoms with Gasteiger partial charge >= 0.3 is 0 Å². The Morgan fingerprint density at radius 2 is 1.96 bits per heavy atom. The SMILES string of the molecule is Cc1nc(NCCNC(=O)c2ncccn2)cc(N2CCOCC2)n1. The highest BCUT2D eigenvalue weighted by molar-refractivity contribution is 5.90. The molecule has 2 N–H and O–H groups in total. The van der Waals surface area contributed by atoms with E-state index in [1.807, 2.05) is 13.0 Å². The minimum Gasteiger partial charge on any atom is -0.378 e. The van der Waals surface area contributed by atoms with Crippen molar-refractivity contribution in [3.8, 4) is 0 Å². The van der Waals surface area contributed by atoms with Gasteiger partial charge in [0.05, 0.1) is 13.2 Å². The normalized spacial score (nSPS) is 14.2. The predicted octanol–water partition coefficient (Wildman–Crippen LogP) is 0.254. The van der Waals surface area contributed by atoms with E-state index in [1.165, 1.54) is 12.4 Å². The van der Waals surface area contributed by atoms with Crippen molar-refractivity contribution in [1.82, 2.24) is 25.3 Å². The van der Waals surface area contributed by atoms with E-state index in [4.69, 9.17) is 4.74 Å². The number of hydrogen-bond donors (Lipinski definition) is 2. The van der Waals surface area contributed by atoms with Gasteiger partial charge in [0.2, 0.25) is 5.82 Å². The van der Waals surface area contributed by atoms with Crippen molar-refractivity contribution in [2.45, 2.75) is 6.92 Å². The monoisotopic (exact) mass is 343 g/mol. The summed E-state index contributed by atoms with van der Waals surface area (Å²) >= 11 is 0. The lowest BCUT2D eigenvalue weighted by molar-refractivity contribution is 0.0944. The molecule has 0 saturated carbocycles. The van der Waals surface area contributed by atoms with Crippen molar-refractivity contribution in [3.05, 3.63) is 36.2 Å². The van der Waals surface area contributed by atoms with Crippen LogP contribution in [-0.4, -0.2) is 65.2 Å². The molecule has 1 aliphatic rings. The van der Waals surface area contributed by atoms with Crippen LogP contribution in [0.4, 0.5) is 11.6 Å².